The summed E-state index contributed by atoms with van der Waals surface area (Å²) in [4.78, 5) is 45.3. The average molecular weight is 677 g/mol. The van der Waals surface area contributed by atoms with Gasteiger partial charge in [-0.2, -0.15) is 0 Å². The highest BCUT2D eigenvalue weighted by Gasteiger charge is 2.33. The van der Waals surface area contributed by atoms with Crippen molar-refractivity contribution in [3.8, 4) is 0 Å². The van der Waals surface area contributed by atoms with Gasteiger partial charge in [0, 0.05) is 60.9 Å². The smallest absolute Gasteiger partial charge is 0.418 e. The molecule has 0 spiro atoms. The number of amides is 1. The summed E-state index contributed by atoms with van der Waals surface area (Å²) in [5, 5.41) is 28.8. The lowest BCUT2D eigenvalue weighted by Gasteiger charge is -2.22. The van der Waals surface area contributed by atoms with Crippen molar-refractivity contribution in [1.29, 1.82) is 0 Å². The van der Waals surface area contributed by atoms with Crippen LogP contribution in [0.1, 0.15) is 11.1 Å². The summed E-state index contributed by atoms with van der Waals surface area (Å²) >= 11 is 0. The van der Waals surface area contributed by atoms with Gasteiger partial charge in [0.2, 0.25) is 0 Å². The molecule has 0 saturated heterocycles. The van der Waals surface area contributed by atoms with Crippen LogP contribution in [0.5, 0.6) is 0 Å². The van der Waals surface area contributed by atoms with Crippen molar-refractivity contribution in [3.63, 3.8) is 0 Å². The molecule has 0 saturated carbocycles. The maximum atomic E-state index is 13.6. The molecule has 3 aromatic heterocycles. The van der Waals surface area contributed by atoms with Crippen LogP contribution in [0.4, 0.5) is 50.8 Å². The summed E-state index contributed by atoms with van der Waals surface area (Å²) in [6, 6.07) is 23.3. The third-order valence-corrected chi connectivity index (χ3v) is 9.48. The van der Waals surface area contributed by atoms with Crippen LogP contribution in [-0.2, 0) is 0 Å². The lowest BCUT2D eigenvalue weighted by Crippen LogP contribution is -2.25. The number of carbonyl (C=O) groups is 1. The summed E-state index contributed by atoms with van der Waals surface area (Å²) in [5.74, 6) is 2.39. The predicted octanol–water partition coefficient (Wildman–Crippen LogP) is 6.54. The molecule has 8 N–H and O–H groups in total. The van der Waals surface area contributed by atoms with Gasteiger partial charge in [-0.1, -0.05) is 72.8 Å². The Morgan fingerprint density at radius 3 is 1.67 bits per heavy atom. The number of fused-ring (bicyclic) bond motifs is 19. The van der Waals surface area contributed by atoms with E-state index in [9.17, 15) is 9.90 Å². The van der Waals surface area contributed by atoms with Gasteiger partial charge in [-0.15, -0.1) is 0 Å². The zero-order valence-electron chi connectivity index (χ0n) is 28.0. The predicted molar refractivity (Wildman–Crippen MR) is 204 cm³/mol. The van der Waals surface area contributed by atoms with Crippen LogP contribution in [0, 0.1) is 0 Å². The van der Waals surface area contributed by atoms with Crippen molar-refractivity contribution in [1.82, 2.24) is 15.0 Å². The first-order valence-electron chi connectivity index (χ1n) is 16.4. The van der Waals surface area contributed by atoms with E-state index < -0.39 is 6.09 Å². The number of rotatable bonds is 4. The number of aliphatic imine (C=N–C) groups is 2. The summed E-state index contributed by atoms with van der Waals surface area (Å²) < 4.78 is 0. The molecule has 9 rings (SSSR count). The molecule has 252 valence electrons. The van der Waals surface area contributed by atoms with Crippen molar-refractivity contribution in [2.45, 2.75) is 0 Å². The first-order valence-corrected chi connectivity index (χ1v) is 16.4. The van der Waals surface area contributed by atoms with E-state index in [0.29, 0.717) is 67.6 Å². The third-order valence-electron chi connectivity index (χ3n) is 9.48. The standard InChI is InChI=1S/C37H32N12O2/c1-38-25-23-24(26(39-2)28(41-4)27(25)40-3)36-48-34(23)46-32-20-14-8-7-13-19(20)30(44-32)42-29-17-11-5-6-12-18(17)31(43-29)45-33-21-15-9-10-16-22(21)35(47-33)49(36)37(50)51/h5-16,38-41,47-48H,1-4H3,(H,50,51)(H,42,43,44,45,46). The Morgan fingerprint density at radius 2 is 1.06 bits per heavy atom. The largest absolute Gasteiger partial charge is 0.464 e. The first kappa shape index (κ1) is 30.0. The number of H-pyrrole nitrogens is 3. The van der Waals surface area contributed by atoms with Gasteiger partial charge in [-0.3, -0.25) is 0 Å². The zero-order valence-corrected chi connectivity index (χ0v) is 28.0. The Hall–Kier alpha value is -7.09. The molecule has 0 radical (unpaired) electrons. The number of hydrogen-bond acceptors (Lipinski definition) is 9. The molecular formula is C37H32N12O2. The number of nitrogens with zero attached hydrogens (tertiary/aromatic N) is 5. The van der Waals surface area contributed by atoms with Gasteiger partial charge in [0.1, 0.15) is 34.2 Å². The molecule has 14 heteroatoms. The van der Waals surface area contributed by atoms with Gasteiger partial charge in [0.05, 0.1) is 33.5 Å². The highest BCUT2D eigenvalue weighted by Crippen LogP contribution is 2.53. The molecule has 5 heterocycles. The average Bonchev–Trinajstić information content (AvgIpc) is 3.90. The van der Waals surface area contributed by atoms with Crippen molar-refractivity contribution in [3.05, 3.63) is 94.9 Å². The van der Waals surface area contributed by atoms with Crippen molar-refractivity contribution >= 4 is 96.1 Å². The second kappa shape index (κ2) is 11.2. The summed E-state index contributed by atoms with van der Waals surface area (Å²) in [6.07, 6.45) is -1.22. The minimum absolute atomic E-state index is 0.273. The lowest BCUT2D eigenvalue weighted by molar-refractivity contribution is 0.204. The van der Waals surface area contributed by atoms with Gasteiger partial charge in [0.15, 0.2) is 11.7 Å². The molecule has 2 aliphatic rings. The van der Waals surface area contributed by atoms with Crippen LogP contribution in [0.25, 0.3) is 32.3 Å². The van der Waals surface area contributed by atoms with E-state index in [-0.39, 0.29) is 5.82 Å². The van der Waals surface area contributed by atoms with Crippen LogP contribution < -0.4 is 37.1 Å². The molecule has 0 atom stereocenters. The zero-order chi connectivity index (χ0) is 35.0. The number of carboxylic acid groups (broad SMARTS) is 1. The summed E-state index contributed by atoms with van der Waals surface area (Å²) in [6.45, 7) is 0. The van der Waals surface area contributed by atoms with Crippen LogP contribution in [0.3, 0.4) is 0 Å². The maximum Gasteiger partial charge on any atom is 0.418 e. The Morgan fingerprint density at radius 1 is 0.549 bits per heavy atom. The minimum atomic E-state index is -1.22. The van der Waals surface area contributed by atoms with Crippen molar-refractivity contribution in [2.75, 3.05) is 54.4 Å². The number of aromatic nitrogens is 3. The Labute approximate surface area is 289 Å². The number of nitrogens with one attached hydrogen (secondary N) is 7. The minimum Gasteiger partial charge on any atom is -0.464 e. The highest BCUT2D eigenvalue weighted by atomic mass is 16.4. The SMILES string of the molecule is CNc1c(NC)c(NC)c2c3[nH]c(c2c1NC)N=C1N=C(N=c2[nH]/c(c4ccccc24)=N\c2[nH]c(c4ccccc24)N3C(=O)O)c2ccccc21. The molecule has 4 aromatic carbocycles. The topological polar surface area (TPSA) is 185 Å². The van der Waals surface area contributed by atoms with Crippen molar-refractivity contribution < 1.29 is 9.90 Å². The van der Waals surface area contributed by atoms with E-state index in [0.717, 1.165) is 38.7 Å². The molecule has 1 amide bonds. The molecule has 2 aliphatic heterocycles. The number of amidine groups is 2. The molecule has 0 fully saturated rings. The Balaban J connectivity index is 1.51. The van der Waals surface area contributed by atoms with Gasteiger partial charge in [0.25, 0.3) is 0 Å². The normalized spacial score (nSPS) is 14.0. The molecule has 8 bridgehead atoms. The van der Waals surface area contributed by atoms with Crippen LogP contribution in [0.15, 0.2) is 92.8 Å². The van der Waals surface area contributed by atoms with Crippen molar-refractivity contribution in [2.24, 2.45) is 20.0 Å². The van der Waals surface area contributed by atoms with Gasteiger partial charge < -0.3 is 41.3 Å². The number of anilines is 6. The molecule has 14 nitrogen and oxygen atoms in total. The fourth-order valence-corrected chi connectivity index (χ4v) is 7.33. The third kappa shape index (κ3) is 4.26. The number of hydrogen-bond donors (Lipinski definition) is 8. The van der Waals surface area contributed by atoms with Gasteiger partial charge in [-0.05, 0) is 0 Å². The van der Waals surface area contributed by atoms with Gasteiger partial charge >= 0.3 is 6.09 Å². The van der Waals surface area contributed by atoms with E-state index in [1.165, 1.54) is 4.90 Å². The number of aromatic amines is 3. The van der Waals surface area contributed by atoms with E-state index >= 15 is 0 Å². The molecular weight excluding hydrogens is 644 g/mol. The summed E-state index contributed by atoms with van der Waals surface area (Å²) in [5.41, 5.74) is 5.64. The molecule has 0 aliphatic carbocycles. The monoisotopic (exact) mass is 676 g/mol. The quantitative estimate of drug-likeness (QED) is 0.105. The van der Waals surface area contributed by atoms with E-state index in [4.69, 9.17) is 20.0 Å². The molecule has 0 unspecified atom stereocenters. The number of benzene rings is 4. The molecule has 51 heavy (non-hydrogen) atoms. The first-order chi connectivity index (χ1) is 24.9. The Bertz CT molecular complexity index is 2800. The van der Waals surface area contributed by atoms with Crippen LogP contribution >= 0.6 is 0 Å². The highest BCUT2D eigenvalue weighted by molar-refractivity contribution is 6.27. The fourth-order valence-electron chi connectivity index (χ4n) is 7.33. The Kier molecular flexibility index (Phi) is 6.61. The van der Waals surface area contributed by atoms with E-state index in [1.807, 2.05) is 93.9 Å². The van der Waals surface area contributed by atoms with Gasteiger partial charge in [-0.25, -0.2) is 29.7 Å². The van der Waals surface area contributed by atoms with Crippen LogP contribution in [-0.4, -0.2) is 66.0 Å². The van der Waals surface area contributed by atoms with Crippen LogP contribution in [0.2, 0.25) is 0 Å². The second-order valence-electron chi connectivity index (χ2n) is 12.1. The summed E-state index contributed by atoms with van der Waals surface area (Å²) in [7, 11) is 7.29. The van der Waals surface area contributed by atoms with E-state index in [1.54, 1.807) is 7.05 Å². The van der Waals surface area contributed by atoms with E-state index in [2.05, 4.69) is 36.2 Å². The fraction of sp³-hybridized carbons (Fsp3) is 0.108. The lowest BCUT2D eigenvalue weighted by atomic mass is 10.0. The molecule has 7 aromatic rings. The maximum absolute atomic E-state index is 13.6. The second-order valence-corrected chi connectivity index (χ2v) is 12.1.